The average molecular weight is 229 g/mol. The second-order valence-electron chi connectivity index (χ2n) is 3.69. The Morgan fingerprint density at radius 3 is 1.82 bits per heavy atom. The number of hydrogen-bond donors (Lipinski definition) is 0. The largest absolute Gasteiger partial charge is 0.294 e. The van der Waals surface area contributed by atoms with Crippen molar-refractivity contribution in [2.45, 2.75) is 20.8 Å². The maximum Gasteiger partial charge on any atom is 0.161 e. The number of benzene rings is 1. The molecule has 0 spiro atoms. The summed E-state index contributed by atoms with van der Waals surface area (Å²) in [5, 5.41) is 8.90. The predicted molar refractivity (Wildman–Crippen MR) is 61.2 cm³/mol. The molecule has 0 aliphatic rings. The van der Waals surface area contributed by atoms with Gasteiger partial charge in [-0.2, -0.15) is 5.26 Å². The Morgan fingerprint density at radius 2 is 1.47 bits per heavy atom. The van der Waals surface area contributed by atoms with Gasteiger partial charge < -0.3 is 0 Å². The van der Waals surface area contributed by atoms with Crippen LogP contribution in [-0.2, 0) is 0 Å². The van der Waals surface area contributed by atoms with Gasteiger partial charge in [-0.15, -0.1) is 0 Å². The number of Topliss-reactive ketones (excluding diaryl/α,β-unsaturated/α-hetero) is 3. The van der Waals surface area contributed by atoms with E-state index in [9.17, 15) is 14.4 Å². The summed E-state index contributed by atoms with van der Waals surface area (Å²) in [6, 6.07) is 4.65. The Bertz CT molecular complexity index is 565. The molecule has 1 aromatic rings. The molecule has 0 radical (unpaired) electrons. The van der Waals surface area contributed by atoms with E-state index in [4.69, 9.17) is 5.26 Å². The molecule has 0 heterocycles. The lowest BCUT2D eigenvalue weighted by molar-refractivity contribution is 0.0968. The summed E-state index contributed by atoms with van der Waals surface area (Å²) in [5.41, 5.74) is 0.381. The summed E-state index contributed by atoms with van der Waals surface area (Å²) < 4.78 is 0. The van der Waals surface area contributed by atoms with E-state index in [1.54, 1.807) is 0 Å². The highest BCUT2D eigenvalue weighted by atomic mass is 16.1. The molecule has 0 unspecified atom stereocenters. The van der Waals surface area contributed by atoms with E-state index in [1.165, 1.54) is 32.9 Å². The fourth-order valence-corrected chi connectivity index (χ4v) is 1.72. The second-order valence-corrected chi connectivity index (χ2v) is 3.69. The summed E-state index contributed by atoms with van der Waals surface area (Å²) >= 11 is 0. The Kier molecular flexibility index (Phi) is 3.54. The minimum atomic E-state index is -0.394. The van der Waals surface area contributed by atoms with Gasteiger partial charge in [0.05, 0.1) is 11.6 Å². The smallest absolute Gasteiger partial charge is 0.161 e. The van der Waals surface area contributed by atoms with Gasteiger partial charge in [-0.1, -0.05) is 0 Å². The van der Waals surface area contributed by atoms with Crippen LogP contribution in [0.25, 0.3) is 0 Å². The van der Waals surface area contributed by atoms with Gasteiger partial charge in [-0.05, 0) is 32.9 Å². The number of ketones is 3. The molecule has 0 aromatic heterocycles. The van der Waals surface area contributed by atoms with Gasteiger partial charge in [0.2, 0.25) is 0 Å². The fraction of sp³-hybridized carbons (Fsp3) is 0.231. The van der Waals surface area contributed by atoms with E-state index >= 15 is 0 Å². The molecule has 0 saturated carbocycles. The highest BCUT2D eigenvalue weighted by molar-refractivity contribution is 6.15. The third-order valence-electron chi connectivity index (χ3n) is 2.41. The van der Waals surface area contributed by atoms with Gasteiger partial charge in [0.25, 0.3) is 0 Å². The van der Waals surface area contributed by atoms with E-state index in [-0.39, 0.29) is 28.0 Å². The molecular formula is C13H11NO3. The van der Waals surface area contributed by atoms with Crippen LogP contribution in [0.5, 0.6) is 0 Å². The first kappa shape index (κ1) is 12.8. The number of nitriles is 1. The van der Waals surface area contributed by atoms with Gasteiger partial charge >= 0.3 is 0 Å². The van der Waals surface area contributed by atoms with Crippen molar-refractivity contribution in [2.75, 3.05) is 0 Å². The van der Waals surface area contributed by atoms with Crippen LogP contribution in [0, 0.1) is 11.3 Å². The summed E-state index contributed by atoms with van der Waals surface area (Å²) in [6.07, 6.45) is 0. The van der Waals surface area contributed by atoms with E-state index in [1.807, 2.05) is 6.07 Å². The number of hydrogen-bond acceptors (Lipinski definition) is 4. The average Bonchev–Trinajstić information content (AvgIpc) is 2.26. The van der Waals surface area contributed by atoms with Crippen LogP contribution in [0.1, 0.15) is 57.4 Å². The monoisotopic (exact) mass is 229 g/mol. The topological polar surface area (TPSA) is 75.0 Å². The third-order valence-corrected chi connectivity index (χ3v) is 2.41. The van der Waals surface area contributed by atoms with Crippen molar-refractivity contribution < 1.29 is 14.4 Å². The van der Waals surface area contributed by atoms with Crippen molar-refractivity contribution in [1.29, 1.82) is 5.26 Å². The fourth-order valence-electron chi connectivity index (χ4n) is 1.72. The zero-order valence-electron chi connectivity index (χ0n) is 9.83. The SMILES string of the molecule is CC(=O)c1ccc(C#N)c(C(C)=O)c1C(C)=O. The maximum atomic E-state index is 11.6. The molecule has 0 amide bonds. The summed E-state index contributed by atoms with van der Waals surface area (Å²) in [6.45, 7) is 3.86. The zero-order valence-corrected chi connectivity index (χ0v) is 9.83. The molecule has 4 nitrogen and oxygen atoms in total. The van der Waals surface area contributed by atoms with E-state index in [0.29, 0.717) is 0 Å². The quantitative estimate of drug-likeness (QED) is 0.744. The van der Waals surface area contributed by atoms with Crippen LogP contribution in [0.3, 0.4) is 0 Å². The Balaban J connectivity index is 3.79. The zero-order chi connectivity index (χ0) is 13.2. The highest BCUT2D eigenvalue weighted by Crippen LogP contribution is 2.21. The van der Waals surface area contributed by atoms with Crippen LogP contribution in [0.4, 0.5) is 0 Å². The van der Waals surface area contributed by atoms with Gasteiger partial charge in [-0.25, -0.2) is 0 Å². The van der Waals surface area contributed by atoms with E-state index in [2.05, 4.69) is 0 Å². The lowest BCUT2D eigenvalue weighted by Crippen LogP contribution is -2.13. The molecule has 1 aromatic carbocycles. The van der Waals surface area contributed by atoms with Crippen molar-refractivity contribution in [1.82, 2.24) is 0 Å². The molecule has 0 N–H and O–H groups in total. The number of carbonyl (C=O) groups is 3. The Labute approximate surface area is 98.9 Å². The van der Waals surface area contributed by atoms with Gasteiger partial charge in [0.15, 0.2) is 17.3 Å². The lowest BCUT2D eigenvalue weighted by atomic mass is 9.90. The molecule has 0 atom stereocenters. The molecule has 0 aliphatic carbocycles. The summed E-state index contributed by atoms with van der Waals surface area (Å²) in [7, 11) is 0. The number of carbonyl (C=O) groups excluding carboxylic acids is 3. The van der Waals surface area contributed by atoms with Crippen molar-refractivity contribution in [2.24, 2.45) is 0 Å². The first-order valence-corrected chi connectivity index (χ1v) is 5.00. The highest BCUT2D eigenvalue weighted by Gasteiger charge is 2.21. The molecule has 0 aliphatic heterocycles. The van der Waals surface area contributed by atoms with Crippen LogP contribution < -0.4 is 0 Å². The number of rotatable bonds is 3. The van der Waals surface area contributed by atoms with Gasteiger partial charge in [-0.3, -0.25) is 14.4 Å². The van der Waals surface area contributed by atoms with Crippen molar-refractivity contribution in [3.63, 3.8) is 0 Å². The normalized spacial score (nSPS) is 9.53. The van der Waals surface area contributed by atoms with E-state index in [0.717, 1.165) is 0 Å². The molecule has 4 heteroatoms. The van der Waals surface area contributed by atoms with Crippen molar-refractivity contribution >= 4 is 17.3 Å². The molecular weight excluding hydrogens is 218 g/mol. The minimum Gasteiger partial charge on any atom is -0.294 e. The first-order valence-electron chi connectivity index (χ1n) is 5.00. The molecule has 1 rings (SSSR count). The third kappa shape index (κ3) is 2.28. The van der Waals surface area contributed by atoms with Crippen LogP contribution in [-0.4, -0.2) is 17.3 Å². The Hall–Kier alpha value is -2.28. The van der Waals surface area contributed by atoms with Crippen LogP contribution in [0.15, 0.2) is 12.1 Å². The summed E-state index contributed by atoms with van der Waals surface area (Å²) in [4.78, 5) is 34.5. The Morgan fingerprint density at radius 1 is 0.941 bits per heavy atom. The maximum absolute atomic E-state index is 11.6. The summed E-state index contributed by atoms with van der Waals surface area (Å²) in [5.74, 6) is -1.09. The second kappa shape index (κ2) is 4.71. The molecule has 0 fully saturated rings. The van der Waals surface area contributed by atoms with Crippen molar-refractivity contribution in [3.8, 4) is 6.07 Å². The molecule has 17 heavy (non-hydrogen) atoms. The van der Waals surface area contributed by atoms with Gasteiger partial charge in [0.1, 0.15) is 0 Å². The van der Waals surface area contributed by atoms with Crippen LogP contribution >= 0.6 is 0 Å². The first-order chi connectivity index (χ1) is 7.90. The lowest BCUT2D eigenvalue weighted by Gasteiger charge is -2.10. The standard InChI is InChI=1S/C13H11NO3/c1-7(15)11-5-4-10(6-14)12(8(2)16)13(11)9(3)17/h4-5H,1-3H3. The van der Waals surface area contributed by atoms with Crippen molar-refractivity contribution in [3.05, 3.63) is 34.4 Å². The van der Waals surface area contributed by atoms with Gasteiger partial charge in [0, 0.05) is 16.7 Å². The molecule has 0 bridgehead atoms. The molecule has 86 valence electrons. The minimum absolute atomic E-state index is 0.0349. The van der Waals surface area contributed by atoms with E-state index < -0.39 is 11.6 Å². The van der Waals surface area contributed by atoms with Crippen LogP contribution in [0.2, 0.25) is 0 Å². The molecule has 0 saturated heterocycles. The predicted octanol–water partition coefficient (Wildman–Crippen LogP) is 2.17. The number of nitrogens with zero attached hydrogens (tertiary/aromatic N) is 1.